The third-order valence-corrected chi connectivity index (χ3v) is 3.59. The summed E-state index contributed by atoms with van der Waals surface area (Å²) in [5.74, 6) is 0.958. The van der Waals surface area contributed by atoms with E-state index in [2.05, 4.69) is 51.2 Å². The molecule has 2 heteroatoms. The highest BCUT2D eigenvalue weighted by molar-refractivity contribution is 5.54. The number of anilines is 1. The molecule has 0 saturated heterocycles. The fourth-order valence-electron chi connectivity index (χ4n) is 2.68. The summed E-state index contributed by atoms with van der Waals surface area (Å²) in [5.41, 5.74) is 2.39. The predicted molar refractivity (Wildman–Crippen MR) is 82.1 cm³/mol. The zero-order valence-electron chi connectivity index (χ0n) is 12.8. The van der Waals surface area contributed by atoms with Crippen molar-refractivity contribution in [2.45, 2.75) is 71.4 Å². The van der Waals surface area contributed by atoms with Gasteiger partial charge >= 0.3 is 0 Å². The molecule has 1 aliphatic rings. The third-order valence-electron chi connectivity index (χ3n) is 3.59. The molecule has 1 N–H and O–H groups in total. The van der Waals surface area contributed by atoms with E-state index in [9.17, 15) is 0 Å². The Balaban J connectivity index is 2.02. The lowest BCUT2D eigenvalue weighted by Crippen LogP contribution is -2.24. The van der Waals surface area contributed by atoms with Crippen molar-refractivity contribution < 1.29 is 4.74 Å². The van der Waals surface area contributed by atoms with Crippen LogP contribution in [0, 0.1) is 6.92 Å². The minimum absolute atomic E-state index is 0.134. The van der Waals surface area contributed by atoms with Crippen LogP contribution in [0.5, 0.6) is 5.75 Å². The van der Waals surface area contributed by atoms with Gasteiger partial charge in [0.2, 0.25) is 0 Å². The highest BCUT2D eigenvalue weighted by Crippen LogP contribution is 2.27. The SMILES string of the molecule is Cc1cc(OC(C)(C)C)ccc1NC1CCCCC1. The maximum Gasteiger partial charge on any atom is 0.120 e. The van der Waals surface area contributed by atoms with E-state index in [4.69, 9.17) is 4.74 Å². The van der Waals surface area contributed by atoms with Gasteiger partial charge in [0.15, 0.2) is 0 Å². The molecule has 2 rings (SSSR count). The van der Waals surface area contributed by atoms with Crippen molar-refractivity contribution in [3.05, 3.63) is 23.8 Å². The zero-order valence-corrected chi connectivity index (χ0v) is 12.8. The molecule has 0 spiro atoms. The summed E-state index contributed by atoms with van der Waals surface area (Å²) in [6.45, 7) is 8.39. The van der Waals surface area contributed by atoms with Gasteiger partial charge in [0.05, 0.1) is 0 Å². The van der Waals surface area contributed by atoms with Crippen molar-refractivity contribution in [2.24, 2.45) is 0 Å². The lowest BCUT2D eigenvalue weighted by atomic mass is 9.95. The second-order valence-corrected chi connectivity index (χ2v) is 6.67. The Morgan fingerprint density at radius 3 is 2.37 bits per heavy atom. The van der Waals surface area contributed by atoms with Crippen LogP contribution in [0.2, 0.25) is 0 Å². The molecule has 0 heterocycles. The fourth-order valence-corrected chi connectivity index (χ4v) is 2.68. The van der Waals surface area contributed by atoms with Crippen LogP contribution < -0.4 is 10.1 Å². The number of rotatable bonds is 3. The van der Waals surface area contributed by atoms with Gasteiger partial charge in [0.1, 0.15) is 11.4 Å². The summed E-state index contributed by atoms with van der Waals surface area (Å²) in [6.07, 6.45) is 6.73. The van der Waals surface area contributed by atoms with Crippen molar-refractivity contribution in [2.75, 3.05) is 5.32 Å². The van der Waals surface area contributed by atoms with Crippen molar-refractivity contribution in [1.29, 1.82) is 0 Å². The van der Waals surface area contributed by atoms with Crippen LogP contribution in [0.1, 0.15) is 58.4 Å². The smallest absolute Gasteiger partial charge is 0.120 e. The Morgan fingerprint density at radius 2 is 1.79 bits per heavy atom. The fraction of sp³-hybridized carbons (Fsp3) is 0.647. The first-order valence-electron chi connectivity index (χ1n) is 7.50. The van der Waals surface area contributed by atoms with Gasteiger partial charge in [-0.15, -0.1) is 0 Å². The van der Waals surface area contributed by atoms with Crippen LogP contribution in [-0.2, 0) is 0 Å². The number of hydrogen-bond acceptors (Lipinski definition) is 2. The average Bonchev–Trinajstić information content (AvgIpc) is 2.32. The van der Waals surface area contributed by atoms with Crippen LogP contribution in [-0.4, -0.2) is 11.6 Å². The lowest BCUT2D eigenvalue weighted by molar-refractivity contribution is 0.131. The van der Waals surface area contributed by atoms with Crippen LogP contribution >= 0.6 is 0 Å². The monoisotopic (exact) mass is 261 g/mol. The molecule has 106 valence electrons. The van der Waals surface area contributed by atoms with E-state index in [1.165, 1.54) is 43.4 Å². The standard InChI is InChI=1S/C17H27NO/c1-13-12-15(19-17(2,3)4)10-11-16(13)18-14-8-6-5-7-9-14/h10-12,14,18H,5-9H2,1-4H3. The van der Waals surface area contributed by atoms with E-state index < -0.39 is 0 Å². The first kappa shape index (κ1) is 14.2. The predicted octanol–water partition coefficient (Wildman–Crippen LogP) is 4.92. The molecule has 0 radical (unpaired) electrons. The molecular weight excluding hydrogens is 234 g/mol. The summed E-state index contributed by atoms with van der Waals surface area (Å²) < 4.78 is 5.90. The second kappa shape index (κ2) is 5.85. The van der Waals surface area contributed by atoms with Gasteiger partial charge in [-0.2, -0.15) is 0 Å². The van der Waals surface area contributed by atoms with E-state index in [-0.39, 0.29) is 5.60 Å². The van der Waals surface area contributed by atoms with E-state index in [0.717, 1.165) is 5.75 Å². The number of ether oxygens (including phenoxy) is 1. The number of benzene rings is 1. The van der Waals surface area contributed by atoms with E-state index in [1.54, 1.807) is 0 Å². The van der Waals surface area contributed by atoms with Crippen molar-refractivity contribution in [3.8, 4) is 5.75 Å². The van der Waals surface area contributed by atoms with Gasteiger partial charge in [-0.3, -0.25) is 0 Å². The highest BCUT2D eigenvalue weighted by atomic mass is 16.5. The molecule has 1 aromatic rings. The maximum absolute atomic E-state index is 5.90. The summed E-state index contributed by atoms with van der Waals surface area (Å²) in [7, 11) is 0. The van der Waals surface area contributed by atoms with E-state index in [1.807, 2.05) is 0 Å². The first-order valence-corrected chi connectivity index (χ1v) is 7.50. The molecule has 19 heavy (non-hydrogen) atoms. The molecule has 0 unspecified atom stereocenters. The van der Waals surface area contributed by atoms with Gasteiger partial charge in [-0.25, -0.2) is 0 Å². The molecular formula is C17H27NO. The molecule has 1 aliphatic carbocycles. The highest BCUT2D eigenvalue weighted by Gasteiger charge is 2.15. The zero-order chi connectivity index (χ0) is 13.9. The van der Waals surface area contributed by atoms with Crippen LogP contribution in [0.25, 0.3) is 0 Å². The lowest BCUT2D eigenvalue weighted by Gasteiger charge is -2.26. The largest absolute Gasteiger partial charge is 0.488 e. The van der Waals surface area contributed by atoms with Gasteiger partial charge < -0.3 is 10.1 Å². The van der Waals surface area contributed by atoms with Gasteiger partial charge in [0, 0.05) is 11.7 Å². The Kier molecular flexibility index (Phi) is 4.38. The average molecular weight is 261 g/mol. The first-order chi connectivity index (χ1) is 8.94. The van der Waals surface area contributed by atoms with Crippen LogP contribution in [0.15, 0.2) is 18.2 Å². The Labute approximate surface area is 117 Å². The molecule has 0 bridgehead atoms. The molecule has 0 amide bonds. The second-order valence-electron chi connectivity index (χ2n) is 6.67. The topological polar surface area (TPSA) is 21.3 Å². The van der Waals surface area contributed by atoms with Crippen molar-refractivity contribution in [3.63, 3.8) is 0 Å². The Morgan fingerprint density at radius 1 is 1.11 bits per heavy atom. The minimum atomic E-state index is -0.134. The minimum Gasteiger partial charge on any atom is -0.488 e. The molecule has 1 saturated carbocycles. The Hall–Kier alpha value is -1.18. The summed E-state index contributed by atoms with van der Waals surface area (Å²) in [4.78, 5) is 0. The van der Waals surface area contributed by atoms with Gasteiger partial charge in [-0.05, 0) is 64.3 Å². The third kappa shape index (κ3) is 4.45. The summed E-state index contributed by atoms with van der Waals surface area (Å²) in [5, 5.41) is 3.68. The summed E-state index contributed by atoms with van der Waals surface area (Å²) in [6, 6.07) is 7.02. The van der Waals surface area contributed by atoms with Crippen LogP contribution in [0.4, 0.5) is 5.69 Å². The number of aryl methyl sites for hydroxylation is 1. The van der Waals surface area contributed by atoms with Crippen molar-refractivity contribution >= 4 is 5.69 Å². The van der Waals surface area contributed by atoms with Crippen molar-refractivity contribution in [1.82, 2.24) is 0 Å². The van der Waals surface area contributed by atoms with Gasteiger partial charge in [-0.1, -0.05) is 19.3 Å². The molecule has 0 aromatic heterocycles. The maximum atomic E-state index is 5.90. The molecule has 2 nitrogen and oxygen atoms in total. The van der Waals surface area contributed by atoms with Gasteiger partial charge in [0.25, 0.3) is 0 Å². The summed E-state index contributed by atoms with van der Waals surface area (Å²) >= 11 is 0. The molecule has 1 fully saturated rings. The molecule has 0 aliphatic heterocycles. The molecule has 1 aromatic carbocycles. The quantitative estimate of drug-likeness (QED) is 0.834. The number of hydrogen-bond donors (Lipinski definition) is 1. The normalized spacial score (nSPS) is 17.3. The Bertz CT molecular complexity index is 414. The van der Waals surface area contributed by atoms with E-state index in [0.29, 0.717) is 6.04 Å². The van der Waals surface area contributed by atoms with E-state index >= 15 is 0 Å². The van der Waals surface area contributed by atoms with Crippen LogP contribution in [0.3, 0.4) is 0 Å². The number of nitrogens with one attached hydrogen (secondary N) is 1. The molecule has 0 atom stereocenters.